The largest absolute Gasteiger partial charge is 0.348 e. The minimum Gasteiger partial charge on any atom is -0.348 e. The van der Waals surface area contributed by atoms with Gasteiger partial charge in [0.25, 0.3) is 15.9 Å². The molecule has 8 nitrogen and oxygen atoms in total. The zero-order valence-corrected chi connectivity index (χ0v) is 18.9. The Kier molecular flexibility index (Phi) is 7.47. The molecule has 2 aromatic rings. The van der Waals surface area contributed by atoms with Crippen molar-refractivity contribution < 1.29 is 22.4 Å². The molecule has 2 aromatic carbocycles. The van der Waals surface area contributed by atoms with Crippen molar-refractivity contribution in [3.05, 3.63) is 59.9 Å². The molecule has 0 aromatic heterocycles. The van der Waals surface area contributed by atoms with Gasteiger partial charge in [-0.15, -0.1) is 0 Å². The maximum absolute atomic E-state index is 13.2. The fourth-order valence-corrected chi connectivity index (χ4v) is 4.49. The van der Waals surface area contributed by atoms with Crippen LogP contribution in [-0.4, -0.2) is 81.8 Å². The maximum Gasteiger partial charge on any atom is 0.261 e. The lowest BCUT2D eigenvalue weighted by atomic mass is 10.1. The molecular weight excluding hydrogens is 435 g/mol. The molecule has 1 N–H and O–H groups in total. The number of carbonyl (C=O) groups is 2. The van der Waals surface area contributed by atoms with Crippen molar-refractivity contribution in [2.24, 2.45) is 0 Å². The molecule has 0 radical (unpaired) electrons. The lowest BCUT2D eigenvalue weighted by molar-refractivity contribution is -0.129. The number of hydrogen-bond acceptors (Lipinski definition) is 5. The molecular formula is C22H27FN4O4S. The van der Waals surface area contributed by atoms with Crippen LogP contribution in [0.15, 0.2) is 53.4 Å². The van der Waals surface area contributed by atoms with Crippen LogP contribution in [-0.2, 0) is 14.8 Å². The van der Waals surface area contributed by atoms with Crippen molar-refractivity contribution in [3.8, 4) is 0 Å². The standard InChI is InChI=1S/C22H27FN4O4S/c1-25(2)21(28)16-26-12-5-13-27(15-14-26)22(29)19-6-3-4-7-20(19)24-32(30,31)18-10-8-17(23)9-11-18/h3-4,6-11,24H,5,12-16H2,1-2H3. The highest BCUT2D eigenvalue weighted by Crippen LogP contribution is 2.22. The number of para-hydroxylation sites is 1. The van der Waals surface area contributed by atoms with E-state index in [9.17, 15) is 22.4 Å². The Balaban J connectivity index is 1.74. The zero-order chi connectivity index (χ0) is 23.3. The van der Waals surface area contributed by atoms with E-state index in [2.05, 4.69) is 4.72 Å². The summed E-state index contributed by atoms with van der Waals surface area (Å²) >= 11 is 0. The number of likely N-dealkylation sites (N-methyl/N-ethyl adjacent to an activating group) is 1. The van der Waals surface area contributed by atoms with E-state index in [1.165, 1.54) is 23.1 Å². The van der Waals surface area contributed by atoms with Gasteiger partial charge in [0.1, 0.15) is 5.82 Å². The lowest BCUT2D eigenvalue weighted by Crippen LogP contribution is -2.39. The minimum atomic E-state index is -3.99. The molecule has 1 saturated heterocycles. The molecule has 0 bridgehead atoms. The SMILES string of the molecule is CN(C)C(=O)CN1CCCN(C(=O)c2ccccc2NS(=O)(=O)c2ccc(F)cc2)CC1. The fourth-order valence-electron chi connectivity index (χ4n) is 3.41. The van der Waals surface area contributed by atoms with Gasteiger partial charge in [0.05, 0.1) is 22.7 Å². The maximum atomic E-state index is 13.2. The normalized spacial score (nSPS) is 15.2. The van der Waals surface area contributed by atoms with Crippen molar-refractivity contribution in [2.45, 2.75) is 11.3 Å². The number of amides is 2. The molecule has 0 unspecified atom stereocenters. The summed E-state index contributed by atoms with van der Waals surface area (Å²) in [5.74, 6) is -0.824. The number of carbonyl (C=O) groups excluding carboxylic acids is 2. The molecule has 2 amide bonds. The van der Waals surface area contributed by atoms with Gasteiger partial charge in [-0.1, -0.05) is 12.1 Å². The Morgan fingerprint density at radius 3 is 2.38 bits per heavy atom. The molecule has 1 fully saturated rings. The van der Waals surface area contributed by atoms with E-state index in [4.69, 9.17) is 0 Å². The quantitative estimate of drug-likeness (QED) is 0.708. The molecule has 0 aliphatic carbocycles. The van der Waals surface area contributed by atoms with Gasteiger partial charge in [-0.05, 0) is 42.8 Å². The van der Waals surface area contributed by atoms with E-state index < -0.39 is 15.8 Å². The van der Waals surface area contributed by atoms with Crippen LogP contribution in [0.1, 0.15) is 16.8 Å². The van der Waals surface area contributed by atoms with Crippen molar-refractivity contribution in [1.29, 1.82) is 0 Å². The number of rotatable bonds is 6. The second kappa shape index (κ2) is 10.1. The number of sulfonamides is 1. The average Bonchev–Trinajstić information content (AvgIpc) is 2.99. The van der Waals surface area contributed by atoms with E-state index in [0.29, 0.717) is 39.1 Å². The first-order valence-electron chi connectivity index (χ1n) is 10.3. The second-order valence-corrected chi connectivity index (χ2v) is 9.50. The van der Waals surface area contributed by atoms with E-state index in [1.807, 2.05) is 4.90 Å². The third-order valence-electron chi connectivity index (χ3n) is 5.26. The number of hydrogen-bond donors (Lipinski definition) is 1. The monoisotopic (exact) mass is 462 g/mol. The number of benzene rings is 2. The minimum absolute atomic E-state index is 0.00493. The van der Waals surface area contributed by atoms with Crippen molar-refractivity contribution >= 4 is 27.5 Å². The number of nitrogens with zero attached hydrogens (tertiary/aromatic N) is 3. The molecule has 0 atom stereocenters. The highest BCUT2D eigenvalue weighted by molar-refractivity contribution is 7.92. The molecule has 1 heterocycles. The van der Waals surface area contributed by atoms with Crippen LogP contribution in [0.5, 0.6) is 0 Å². The van der Waals surface area contributed by atoms with Crippen LogP contribution < -0.4 is 4.72 Å². The topological polar surface area (TPSA) is 90.0 Å². The molecule has 0 spiro atoms. The van der Waals surface area contributed by atoms with Gasteiger partial charge in [-0.25, -0.2) is 12.8 Å². The third kappa shape index (κ3) is 5.83. The van der Waals surface area contributed by atoms with Crippen LogP contribution in [0, 0.1) is 5.82 Å². The summed E-state index contributed by atoms with van der Waals surface area (Å²) in [7, 11) is -0.576. The van der Waals surface area contributed by atoms with Crippen LogP contribution in [0.4, 0.5) is 10.1 Å². The molecule has 0 saturated carbocycles. The molecule has 1 aliphatic heterocycles. The third-order valence-corrected chi connectivity index (χ3v) is 6.64. The predicted octanol–water partition coefficient (Wildman–Crippen LogP) is 1.86. The summed E-state index contributed by atoms with van der Waals surface area (Å²) in [5.41, 5.74) is 0.390. The molecule has 32 heavy (non-hydrogen) atoms. The Morgan fingerprint density at radius 2 is 1.69 bits per heavy atom. The first-order chi connectivity index (χ1) is 15.2. The van der Waals surface area contributed by atoms with Gasteiger partial charge < -0.3 is 9.80 Å². The first-order valence-corrected chi connectivity index (χ1v) is 11.7. The van der Waals surface area contributed by atoms with Crippen molar-refractivity contribution in [1.82, 2.24) is 14.7 Å². The Morgan fingerprint density at radius 1 is 1.00 bits per heavy atom. The van der Waals surface area contributed by atoms with Gasteiger partial charge >= 0.3 is 0 Å². The van der Waals surface area contributed by atoms with Crippen LogP contribution in [0.25, 0.3) is 0 Å². The Labute approximate surface area is 187 Å². The van der Waals surface area contributed by atoms with E-state index in [0.717, 1.165) is 12.1 Å². The summed E-state index contributed by atoms with van der Waals surface area (Å²) in [6, 6.07) is 10.9. The molecule has 1 aliphatic rings. The summed E-state index contributed by atoms with van der Waals surface area (Å²) in [5, 5.41) is 0. The van der Waals surface area contributed by atoms with E-state index in [1.54, 1.807) is 37.2 Å². The van der Waals surface area contributed by atoms with Crippen molar-refractivity contribution in [3.63, 3.8) is 0 Å². The summed E-state index contributed by atoms with van der Waals surface area (Å²) in [6.45, 7) is 2.48. The first kappa shape index (κ1) is 23.7. The smallest absolute Gasteiger partial charge is 0.261 e. The van der Waals surface area contributed by atoms with Crippen molar-refractivity contribution in [2.75, 3.05) is 51.5 Å². The summed E-state index contributed by atoms with van der Waals surface area (Å²) in [6.07, 6.45) is 0.704. The van der Waals surface area contributed by atoms with Gasteiger partial charge in [-0.2, -0.15) is 0 Å². The Hall–Kier alpha value is -2.98. The zero-order valence-electron chi connectivity index (χ0n) is 18.1. The van der Waals surface area contributed by atoms with Gasteiger partial charge in [-0.3, -0.25) is 19.2 Å². The van der Waals surface area contributed by atoms with Crippen LogP contribution in [0.3, 0.4) is 0 Å². The lowest BCUT2D eigenvalue weighted by Gasteiger charge is -2.23. The average molecular weight is 463 g/mol. The highest BCUT2D eigenvalue weighted by atomic mass is 32.2. The van der Waals surface area contributed by atoms with Crippen LogP contribution >= 0.6 is 0 Å². The predicted molar refractivity (Wildman–Crippen MR) is 119 cm³/mol. The van der Waals surface area contributed by atoms with Gasteiger partial charge in [0.2, 0.25) is 5.91 Å². The van der Waals surface area contributed by atoms with E-state index >= 15 is 0 Å². The van der Waals surface area contributed by atoms with Gasteiger partial charge in [0.15, 0.2) is 0 Å². The summed E-state index contributed by atoms with van der Waals surface area (Å²) in [4.78, 5) is 30.3. The fraction of sp³-hybridized carbons (Fsp3) is 0.364. The van der Waals surface area contributed by atoms with Gasteiger partial charge in [0, 0.05) is 40.3 Å². The number of anilines is 1. The second-order valence-electron chi connectivity index (χ2n) is 7.82. The highest BCUT2D eigenvalue weighted by Gasteiger charge is 2.25. The Bertz CT molecular complexity index is 1070. The van der Waals surface area contributed by atoms with Crippen LogP contribution in [0.2, 0.25) is 0 Å². The molecule has 3 rings (SSSR count). The summed E-state index contributed by atoms with van der Waals surface area (Å²) < 4.78 is 41.0. The number of nitrogens with one attached hydrogen (secondary N) is 1. The number of halogens is 1. The molecule has 10 heteroatoms. The molecule has 172 valence electrons. The van der Waals surface area contributed by atoms with E-state index in [-0.39, 0.29) is 28.0 Å².